The predicted octanol–water partition coefficient (Wildman–Crippen LogP) is 3.18. The van der Waals surface area contributed by atoms with E-state index in [-0.39, 0.29) is 17.5 Å². The summed E-state index contributed by atoms with van der Waals surface area (Å²) in [6.45, 7) is 4.01. The first-order chi connectivity index (χ1) is 12.0. The number of carbonyl (C=O) groups is 1. The Morgan fingerprint density at radius 2 is 2.12 bits per heavy atom. The second kappa shape index (κ2) is 7.84. The smallest absolute Gasteiger partial charge is 0.258 e. The summed E-state index contributed by atoms with van der Waals surface area (Å²) in [6, 6.07) is 9.63. The number of nitrogens with zero attached hydrogens (tertiary/aromatic N) is 2. The first-order valence-corrected chi connectivity index (χ1v) is 9.96. The highest BCUT2D eigenvalue weighted by Crippen LogP contribution is 2.15. The van der Waals surface area contributed by atoms with E-state index in [1.807, 2.05) is 43.5 Å². The third-order valence-corrected chi connectivity index (χ3v) is 5.52. The molecular formula is C18H19N3O2S2. The fourth-order valence-electron chi connectivity index (χ4n) is 2.43. The maximum atomic E-state index is 12.1. The van der Waals surface area contributed by atoms with E-state index < -0.39 is 0 Å². The summed E-state index contributed by atoms with van der Waals surface area (Å²) in [5.41, 5.74) is 2.90. The molecule has 5 nitrogen and oxygen atoms in total. The summed E-state index contributed by atoms with van der Waals surface area (Å²) < 4.78 is 1.52. The Morgan fingerprint density at radius 3 is 2.88 bits per heavy atom. The zero-order chi connectivity index (χ0) is 17.8. The van der Waals surface area contributed by atoms with Crippen molar-refractivity contribution in [3.63, 3.8) is 0 Å². The van der Waals surface area contributed by atoms with Crippen LogP contribution in [0.2, 0.25) is 0 Å². The maximum Gasteiger partial charge on any atom is 0.258 e. The van der Waals surface area contributed by atoms with Gasteiger partial charge in [0.25, 0.3) is 5.56 Å². The minimum absolute atomic E-state index is 0.0213. The minimum atomic E-state index is -0.0840. The van der Waals surface area contributed by atoms with Crippen LogP contribution in [0.15, 0.2) is 46.7 Å². The molecule has 0 saturated heterocycles. The van der Waals surface area contributed by atoms with Crippen LogP contribution in [0.4, 0.5) is 0 Å². The molecule has 1 amide bonds. The zero-order valence-electron chi connectivity index (χ0n) is 14.1. The van der Waals surface area contributed by atoms with Crippen LogP contribution in [-0.2, 0) is 10.5 Å². The number of hydrogen-bond acceptors (Lipinski definition) is 5. The van der Waals surface area contributed by atoms with E-state index >= 15 is 0 Å². The molecule has 3 aromatic rings. The normalized spacial score (nSPS) is 12.2. The van der Waals surface area contributed by atoms with Gasteiger partial charge in [-0.3, -0.25) is 14.0 Å². The molecule has 1 N–H and O–H groups in total. The highest BCUT2D eigenvalue weighted by atomic mass is 32.2. The number of nitrogens with one attached hydrogen (secondary N) is 1. The van der Waals surface area contributed by atoms with E-state index in [0.717, 1.165) is 5.56 Å². The van der Waals surface area contributed by atoms with Gasteiger partial charge < -0.3 is 5.32 Å². The third-order valence-electron chi connectivity index (χ3n) is 3.79. The minimum Gasteiger partial charge on any atom is -0.349 e. The molecule has 2 heterocycles. The quantitative estimate of drug-likeness (QED) is 0.721. The number of carbonyl (C=O) groups excluding carboxylic acids is 1. The lowest BCUT2D eigenvalue weighted by Gasteiger charge is -2.14. The van der Waals surface area contributed by atoms with Gasteiger partial charge in [0.05, 0.1) is 17.5 Å². The van der Waals surface area contributed by atoms with Gasteiger partial charge in [-0.15, -0.1) is 23.1 Å². The number of benzene rings is 1. The number of hydrogen-bond donors (Lipinski definition) is 1. The van der Waals surface area contributed by atoms with Gasteiger partial charge in [-0.25, -0.2) is 4.98 Å². The van der Waals surface area contributed by atoms with E-state index in [1.54, 1.807) is 6.20 Å². The molecule has 0 saturated carbocycles. The van der Waals surface area contributed by atoms with Gasteiger partial charge in [0.2, 0.25) is 5.91 Å². The molecule has 0 aliphatic heterocycles. The fourth-order valence-corrected chi connectivity index (χ4v) is 3.90. The molecule has 0 radical (unpaired) electrons. The summed E-state index contributed by atoms with van der Waals surface area (Å²) in [5, 5.41) is 4.83. The summed E-state index contributed by atoms with van der Waals surface area (Å²) in [4.78, 5) is 29.2. The van der Waals surface area contributed by atoms with Gasteiger partial charge in [0, 0.05) is 23.4 Å². The molecular weight excluding hydrogens is 354 g/mol. The summed E-state index contributed by atoms with van der Waals surface area (Å²) in [7, 11) is 0. The number of aryl methyl sites for hydroxylation is 1. The molecule has 1 aromatic carbocycles. The highest BCUT2D eigenvalue weighted by Gasteiger charge is 2.10. The first-order valence-electron chi connectivity index (χ1n) is 7.92. The Morgan fingerprint density at radius 1 is 1.36 bits per heavy atom. The Hall–Kier alpha value is -2.12. The van der Waals surface area contributed by atoms with Crippen molar-refractivity contribution in [1.29, 1.82) is 0 Å². The molecule has 130 valence electrons. The Labute approximate surface area is 154 Å². The fraction of sp³-hybridized carbons (Fsp3) is 0.278. The van der Waals surface area contributed by atoms with Crippen LogP contribution in [0.1, 0.15) is 29.8 Å². The number of rotatable bonds is 6. The second-order valence-electron chi connectivity index (χ2n) is 5.83. The molecule has 1 atom stereocenters. The molecule has 3 rings (SSSR count). The number of thiazole rings is 1. The van der Waals surface area contributed by atoms with Gasteiger partial charge in [0.1, 0.15) is 0 Å². The average Bonchev–Trinajstić information content (AvgIpc) is 3.04. The monoisotopic (exact) mass is 373 g/mol. The van der Waals surface area contributed by atoms with Gasteiger partial charge in [-0.05, 0) is 19.4 Å². The number of amides is 1. The lowest BCUT2D eigenvalue weighted by Crippen LogP contribution is -2.28. The first kappa shape index (κ1) is 17.7. The van der Waals surface area contributed by atoms with Crippen molar-refractivity contribution in [2.75, 3.05) is 5.75 Å². The molecule has 0 bridgehead atoms. The van der Waals surface area contributed by atoms with Crippen molar-refractivity contribution in [1.82, 2.24) is 14.7 Å². The lowest BCUT2D eigenvalue weighted by atomic mass is 10.1. The Balaban J connectivity index is 1.51. The molecule has 1 unspecified atom stereocenters. The van der Waals surface area contributed by atoms with Crippen molar-refractivity contribution < 1.29 is 4.79 Å². The van der Waals surface area contributed by atoms with Crippen molar-refractivity contribution in [3.05, 3.63) is 69.1 Å². The van der Waals surface area contributed by atoms with Gasteiger partial charge in [0.15, 0.2) is 4.96 Å². The van der Waals surface area contributed by atoms with Crippen molar-refractivity contribution in [2.24, 2.45) is 0 Å². The maximum absolute atomic E-state index is 12.1. The van der Waals surface area contributed by atoms with Gasteiger partial charge in [-0.2, -0.15) is 0 Å². The Bertz CT molecular complexity index is 931. The van der Waals surface area contributed by atoms with E-state index in [4.69, 9.17) is 0 Å². The predicted molar refractivity (Wildman–Crippen MR) is 103 cm³/mol. The standard InChI is InChI=1S/C18H19N3O2S2/c1-12-3-5-14(6-4-12)13(2)19-16(22)11-24-10-15-9-17(23)21-7-8-25-18(21)20-15/h3-9,13H,10-11H2,1-2H3,(H,19,22). The average molecular weight is 374 g/mol. The van der Waals surface area contributed by atoms with Gasteiger partial charge >= 0.3 is 0 Å². The molecule has 7 heteroatoms. The molecule has 0 aliphatic carbocycles. The van der Waals surface area contributed by atoms with Crippen LogP contribution in [0.25, 0.3) is 4.96 Å². The van der Waals surface area contributed by atoms with Crippen LogP contribution < -0.4 is 10.9 Å². The molecule has 2 aromatic heterocycles. The topological polar surface area (TPSA) is 63.5 Å². The van der Waals surface area contributed by atoms with E-state index in [9.17, 15) is 9.59 Å². The van der Waals surface area contributed by atoms with Crippen LogP contribution in [-0.4, -0.2) is 21.0 Å². The number of fused-ring (bicyclic) bond motifs is 1. The van der Waals surface area contributed by atoms with E-state index in [1.165, 1.54) is 39.1 Å². The van der Waals surface area contributed by atoms with E-state index in [0.29, 0.717) is 22.2 Å². The third kappa shape index (κ3) is 4.49. The molecule has 0 fully saturated rings. The largest absolute Gasteiger partial charge is 0.349 e. The van der Waals surface area contributed by atoms with Crippen molar-refractivity contribution in [2.45, 2.75) is 25.6 Å². The summed E-state index contributed by atoms with van der Waals surface area (Å²) >= 11 is 2.88. The summed E-state index contributed by atoms with van der Waals surface area (Å²) in [5.74, 6) is 0.851. The van der Waals surface area contributed by atoms with Crippen molar-refractivity contribution >= 4 is 34.0 Å². The van der Waals surface area contributed by atoms with E-state index in [2.05, 4.69) is 10.3 Å². The summed E-state index contributed by atoms with van der Waals surface area (Å²) in [6.07, 6.45) is 1.71. The lowest BCUT2D eigenvalue weighted by molar-refractivity contribution is -0.119. The SMILES string of the molecule is Cc1ccc(C(C)NC(=O)CSCc2cc(=O)n3ccsc3n2)cc1. The van der Waals surface area contributed by atoms with Crippen LogP contribution in [0.3, 0.4) is 0 Å². The molecule has 0 aliphatic rings. The van der Waals surface area contributed by atoms with Crippen LogP contribution >= 0.6 is 23.1 Å². The van der Waals surface area contributed by atoms with Gasteiger partial charge in [-0.1, -0.05) is 29.8 Å². The number of aromatic nitrogens is 2. The molecule has 25 heavy (non-hydrogen) atoms. The van der Waals surface area contributed by atoms with Crippen LogP contribution in [0.5, 0.6) is 0 Å². The second-order valence-corrected chi connectivity index (χ2v) is 7.69. The number of thioether (sulfide) groups is 1. The zero-order valence-corrected chi connectivity index (χ0v) is 15.7. The van der Waals surface area contributed by atoms with Crippen LogP contribution in [0, 0.1) is 6.92 Å². The highest BCUT2D eigenvalue weighted by molar-refractivity contribution is 7.99. The van der Waals surface area contributed by atoms with Crippen molar-refractivity contribution in [3.8, 4) is 0 Å². The Kier molecular flexibility index (Phi) is 5.55. The molecule has 0 spiro atoms.